The lowest BCUT2D eigenvalue weighted by atomic mass is 10.6. The molecule has 0 unspecified atom stereocenters. The van der Waals surface area contributed by atoms with Crippen molar-refractivity contribution in [2.75, 3.05) is 5.32 Å². The third kappa shape index (κ3) is 1.63. The second-order valence-electron chi connectivity index (χ2n) is 2.67. The van der Waals surface area contributed by atoms with Crippen LogP contribution < -0.4 is 5.32 Å². The number of carbonyl (C=O) groups excluding carboxylic acids is 1. The molecule has 0 saturated heterocycles. The third-order valence-electron chi connectivity index (χ3n) is 1.55. The molecular formula is C8H8N4O2. The molecule has 14 heavy (non-hydrogen) atoms. The summed E-state index contributed by atoms with van der Waals surface area (Å²) in [4.78, 5) is 21.7. The van der Waals surface area contributed by atoms with Crippen molar-refractivity contribution >= 4 is 11.9 Å². The van der Waals surface area contributed by atoms with Gasteiger partial charge in [-0.05, 0) is 6.92 Å². The molecule has 0 radical (unpaired) electrons. The zero-order valence-electron chi connectivity index (χ0n) is 7.44. The molecule has 0 spiro atoms. The van der Waals surface area contributed by atoms with Crippen LogP contribution in [0.2, 0.25) is 0 Å². The van der Waals surface area contributed by atoms with Gasteiger partial charge in [-0.25, -0.2) is 9.97 Å². The number of hydrogen-bond acceptors (Lipinski definition) is 4. The van der Waals surface area contributed by atoms with Crippen molar-refractivity contribution in [3.8, 4) is 0 Å². The molecule has 0 aliphatic rings. The van der Waals surface area contributed by atoms with E-state index in [-0.39, 0.29) is 5.89 Å². The summed E-state index contributed by atoms with van der Waals surface area (Å²) in [6.45, 7) is 1.72. The molecule has 0 aliphatic carbocycles. The van der Waals surface area contributed by atoms with Gasteiger partial charge in [0, 0.05) is 12.4 Å². The average Bonchev–Trinajstić information content (AvgIpc) is 2.75. The molecule has 2 heterocycles. The van der Waals surface area contributed by atoms with Gasteiger partial charge in [-0.2, -0.15) is 0 Å². The van der Waals surface area contributed by atoms with E-state index in [4.69, 9.17) is 4.42 Å². The third-order valence-corrected chi connectivity index (χ3v) is 1.55. The number of aryl methyl sites for hydroxylation is 1. The lowest BCUT2D eigenvalue weighted by Crippen LogP contribution is -2.13. The van der Waals surface area contributed by atoms with Gasteiger partial charge in [-0.1, -0.05) is 0 Å². The quantitative estimate of drug-likeness (QED) is 0.742. The Morgan fingerprint density at radius 2 is 2.43 bits per heavy atom. The van der Waals surface area contributed by atoms with Gasteiger partial charge in [-0.15, -0.1) is 0 Å². The summed E-state index contributed by atoms with van der Waals surface area (Å²) in [6.07, 6.45) is 4.63. The molecule has 2 aromatic rings. The number of carbonyl (C=O) groups is 1. The van der Waals surface area contributed by atoms with Gasteiger partial charge in [0.25, 0.3) is 5.89 Å². The van der Waals surface area contributed by atoms with E-state index in [0.717, 1.165) is 0 Å². The van der Waals surface area contributed by atoms with Crippen LogP contribution in [0.1, 0.15) is 16.4 Å². The van der Waals surface area contributed by atoms with Crippen molar-refractivity contribution < 1.29 is 9.21 Å². The number of nitrogens with zero attached hydrogens (tertiary/aromatic N) is 2. The molecule has 0 atom stereocenters. The molecule has 0 aliphatic heterocycles. The van der Waals surface area contributed by atoms with Crippen molar-refractivity contribution in [3.05, 3.63) is 30.2 Å². The van der Waals surface area contributed by atoms with Crippen LogP contribution in [0.4, 0.5) is 5.95 Å². The van der Waals surface area contributed by atoms with E-state index < -0.39 is 5.91 Å². The molecule has 0 saturated carbocycles. The number of rotatable bonds is 2. The molecule has 2 N–H and O–H groups in total. The number of amides is 1. The Hall–Kier alpha value is -2.11. The Bertz CT molecular complexity index is 432. The van der Waals surface area contributed by atoms with E-state index in [2.05, 4.69) is 20.3 Å². The van der Waals surface area contributed by atoms with Crippen molar-refractivity contribution in [3.63, 3.8) is 0 Å². The summed E-state index contributed by atoms with van der Waals surface area (Å²) in [5.74, 6) is 0.562. The summed E-state index contributed by atoms with van der Waals surface area (Å²) in [5.41, 5.74) is 0. The van der Waals surface area contributed by atoms with E-state index in [9.17, 15) is 4.79 Å². The largest absolute Gasteiger partial charge is 0.438 e. The molecule has 6 nitrogen and oxygen atoms in total. The van der Waals surface area contributed by atoms with E-state index >= 15 is 0 Å². The number of hydrogen-bond donors (Lipinski definition) is 2. The van der Waals surface area contributed by atoms with Gasteiger partial charge in [0.2, 0.25) is 5.95 Å². The van der Waals surface area contributed by atoms with Crippen LogP contribution in [0, 0.1) is 6.92 Å². The Balaban J connectivity index is 2.10. The predicted octanol–water partition coefficient (Wildman–Crippen LogP) is 0.958. The zero-order chi connectivity index (χ0) is 9.97. The predicted molar refractivity (Wildman–Crippen MR) is 47.8 cm³/mol. The van der Waals surface area contributed by atoms with Crippen LogP contribution in [0.15, 0.2) is 23.0 Å². The number of aromatic amines is 1. The maximum absolute atomic E-state index is 11.4. The summed E-state index contributed by atoms with van der Waals surface area (Å²) < 4.78 is 5.03. The van der Waals surface area contributed by atoms with Crippen LogP contribution in [-0.2, 0) is 0 Å². The molecule has 0 aromatic carbocycles. The molecule has 0 fully saturated rings. The lowest BCUT2D eigenvalue weighted by Gasteiger charge is -1.95. The smallest absolute Gasteiger partial charge is 0.313 e. The molecular weight excluding hydrogens is 184 g/mol. The van der Waals surface area contributed by atoms with Crippen LogP contribution >= 0.6 is 0 Å². The fraction of sp³-hybridized carbons (Fsp3) is 0.125. The first-order valence-corrected chi connectivity index (χ1v) is 3.99. The van der Waals surface area contributed by atoms with Crippen molar-refractivity contribution in [1.29, 1.82) is 0 Å². The highest BCUT2D eigenvalue weighted by Gasteiger charge is 2.12. The molecule has 1 amide bonds. The normalized spacial score (nSPS) is 10.1. The number of imidazole rings is 1. The molecule has 72 valence electrons. The Morgan fingerprint density at radius 3 is 3.00 bits per heavy atom. The summed E-state index contributed by atoms with van der Waals surface area (Å²) in [6, 6.07) is 0. The maximum atomic E-state index is 11.4. The van der Waals surface area contributed by atoms with Crippen LogP contribution in [0.5, 0.6) is 0 Å². The minimum absolute atomic E-state index is 0.0268. The second-order valence-corrected chi connectivity index (χ2v) is 2.67. The van der Waals surface area contributed by atoms with Gasteiger partial charge in [0.15, 0.2) is 0 Å². The van der Waals surface area contributed by atoms with Crippen LogP contribution in [0.3, 0.4) is 0 Å². The molecule has 2 aromatic heterocycles. The minimum atomic E-state index is -0.423. The number of anilines is 1. The summed E-state index contributed by atoms with van der Waals surface area (Å²) in [5, 5.41) is 2.49. The maximum Gasteiger partial charge on any atom is 0.313 e. The van der Waals surface area contributed by atoms with Gasteiger partial charge in [0.1, 0.15) is 5.76 Å². The first-order valence-electron chi connectivity index (χ1n) is 3.99. The van der Waals surface area contributed by atoms with E-state index in [1.54, 1.807) is 13.1 Å². The second kappa shape index (κ2) is 3.33. The fourth-order valence-electron chi connectivity index (χ4n) is 0.954. The number of H-pyrrole nitrogens is 1. The summed E-state index contributed by atoms with van der Waals surface area (Å²) in [7, 11) is 0. The number of nitrogens with one attached hydrogen (secondary N) is 2. The fourth-order valence-corrected chi connectivity index (χ4v) is 0.954. The highest BCUT2D eigenvalue weighted by molar-refractivity contribution is 5.99. The molecule has 0 bridgehead atoms. The first kappa shape index (κ1) is 8.49. The van der Waals surface area contributed by atoms with E-state index in [0.29, 0.717) is 11.7 Å². The highest BCUT2D eigenvalue weighted by atomic mass is 16.4. The van der Waals surface area contributed by atoms with Gasteiger partial charge in [-0.3, -0.25) is 10.1 Å². The molecule has 2 rings (SSSR count). The van der Waals surface area contributed by atoms with Crippen LogP contribution in [-0.4, -0.2) is 20.9 Å². The van der Waals surface area contributed by atoms with Gasteiger partial charge < -0.3 is 9.40 Å². The summed E-state index contributed by atoms with van der Waals surface area (Å²) >= 11 is 0. The molecule has 6 heteroatoms. The van der Waals surface area contributed by atoms with Crippen LogP contribution in [0.25, 0.3) is 0 Å². The lowest BCUT2D eigenvalue weighted by molar-refractivity contribution is 0.0988. The number of oxazole rings is 1. The first-order chi connectivity index (χ1) is 6.75. The highest BCUT2D eigenvalue weighted by Crippen LogP contribution is 2.04. The monoisotopic (exact) mass is 192 g/mol. The number of aromatic nitrogens is 3. The minimum Gasteiger partial charge on any atom is -0.438 e. The Kier molecular flexibility index (Phi) is 2.02. The average molecular weight is 192 g/mol. The van der Waals surface area contributed by atoms with E-state index in [1.807, 2.05) is 0 Å². The zero-order valence-corrected chi connectivity index (χ0v) is 7.44. The topological polar surface area (TPSA) is 83.8 Å². The van der Waals surface area contributed by atoms with E-state index in [1.165, 1.54) is 12.4 Å². The van der Waals surface area contributed by atoms with Crippen molar-refractivity contribution in [2.45, 2.75) is 6.92 Å². The SMILES string of the molecule is Cc1cnc(C(=O)Nc2ncc[nH]2)o1. The van der Waals surface area contributed by atoms with Crippen molar-refractivity contribution in [2.24, 2.45) is 0 Å². The standard InChI is InChI=1S/C8H8N4O2/c1-5-4-11-7(14-5)6(13)12-8-9-2-3-10-8/h2-4H,1H3,(H2,9,10,12,13). The van der Waals surface area contributed by atoms with Crippen molar-refractivity contribution in [1.82, 2.24) is 15.0 Å². The Labute approximate surface area is 79.4 Å². The van der Waals surface area contributed by atoms with Gasteiger partial charge >= 0.3 is 5.91 Å². The Morgan fingerprint density at radius 1 is 1.57 bits per heavy atom. The van der Waals surface area contributed by atoms with Gasteiger partial charge in [0.05, 0.1) is 6.20 Å².